The van der Waals surface area contributed by atoms with Crippen LogP contribution in [-0.2, 0) is 6.54 Å². The highest BCUT2D eigenvalue weighted by Gasteiger charge is 2.06. The van der Waals surface area contributed by atoms with Crippen LogP contribution in [0, 0.1) is 12.7 Å². The van der Waals surface area contributed by atoms with Crippen molar-refractivity contribution in [3.63, 3.8) is 0 Å². The summed E-state index contributed by atoms with van der Waals surface area (Å²) in [7, 11) is 1.90. The Kier molecular flexibility index (Phi) is 3.77. The molecule has 5 heteroatoms. The van der Waals surface area contributed by atoms with Gasteiger partial charge in [-0.25, -0.2) is 14.4 Å². The minimum Gasteiger partial charge on any atom is -0.355 e. The minimum absolute atomic E-state index is 0.232. The Bertz CT molecular complexity index is 522. The van der Waals surface area contributed by atoms with Crippen molar-refractivity contribution in [2.45, 2.75) is 13.5 Å². The van der Waals surface area contributed by atoms with Crippen LogP contribution in [0.5, 0.6) is 0 Å². The number of aryl methyl sites for hydroxylation is 1. The maximum Gasteiger partial charge on any atom is 0.224 e. The van der Waals surface area contributed by atoms with Gasteiger partial charge in [0.25, 0.3) is 0 Å². The third-order valence-electron chi connectivity index (χ3n) is 2.54. The van der Waals surface area contributed by atoms with Crippen molar-refractivity contribution >= 4 is 17.4 Å². The molecular formula is C13H13ClFN3. The fraction of sp³-hybridized carbons (Fsp3) is 0.231. The molecule has 0 radical (unpaired) electrons. The molecule has 2 aromatic rings. The van der Waals surface area contributed by atoms with E-state index in [4.69, 9.17) is 11.6 Å². The van der Waals surface area contributed by atoms with Crippen LogP contribution >= 0.6 is 11.6 Å². The van der Waals surface area contributed by atoms with Gasteiger partial charge in [0.15, 0.2) is 0 Å². The molecule has 0 atom stereocenters. The Morgan fingerprint density at radius 1 is 1.22 bits per heavy atom. The second kappa shape index (κ2) is 5.31. The number of nitrogens with zero attached hydrogens (tertiary/aromatic N) is 3. The summed E-state index contributed by atoms with van der Waals surface area (Å²) in [6.45, 7) is 2.50. The lowest BCUT2D eigenvalue weighted by atomic mass is 10.2. The maximum absolute atomic E-state index is 12.8. The number of anilines is 1. The van der Waals surface area contributed by atoms with E-state index in [1.807, 2.05) is 24.9 Å². The van der Waals surface area contributed by atoms with Gasteiger partial charge in [-0.3, -0.25) is 0 Å². The van der Waals surface area contributed by atoms with E-state index in [1.165, 1.54) is 12.1 Å². The number of halogens is 2. The van der Waals surface area contributed by atoms with Crippen LogP contribution in [0.1, 0.15) is 11.3 Å². The van der Waals surface area contributed by atoms with Gasteiger partial charge in [-0.2, -0.15) is 0 Å². The summed E-state index contributed by atoms with van der Waals surface area (Å²) in [6, 6.07) is 8.25. The van der Waals surface area contributed by atoms with Crippen molar-refractivity contribution in [3.8, 4) is 0 Å². The molecule has 0 aliphatic rings. The van der Waals surface area contributed by atoms with Gasteiger partial charge in [0.2, 0.25) is 5.28 Å². The summed E-state index contributed by atoms with van der Waals surface area (Å²) < 4.78 is 12.8. The van der Waals surface area contributed by atoms with Gasteiger partial charge in [0, 0.05) is 25.4 Å². The molecule has 0 N–H and O–H groups in total. The Hall–Kier alpha value is -1.68. The topological polar surface area (TPSA) is 29.0 Å². The van der Waals surface area contributed by atoms with Gasteiger partial charge >= 0.3 is 0 Å². The fourth-order valence-corrected chi connectivity index (χ4v) is 1.88. The highest BCUT2D eigenvalue weighted by molar-refractivity contribution is 6.28. The summed E-state index contributed by atoms with van der Waals surface area (Å²) in [4.78, 5) is 10.1. The zero-order chi connectivity index (χ0) is 13.1. The molecule has 94 valence electrons. The van der Waals surface area contributed by atoms with E-state index in [0.29, 0.717) is 6.54 Å². The lowest BCUT2D eigenvalue weighted by molar-refractivity contribution is 0.627. The second-order valence-electron chi connectivity index (χ2n) is 4.12. The van der Waals surface area contributed by atoms with Gasteiger partial charge in [-0.15, -0.1) is 0 Å². The van der Waals surface area contributed by atoms with E-state index in [1.54, 1.807) is 12.1 Å². The molecule has 2 rings (SSSR count). The summed E-state index contributed by atoms with van der Waals surface area (Å²) in [6.07, 6.45) is 0. The first-order valence-corrected chi connectivity index (χ1v) is 5.89. The Morgan fingerprint density at radius 2 is 1.89 bits per heavy atom. The summed E-state index contributed by atoms with van der Waals surface area (Å²) in [5.41, 5.74) is 1.82. The molecule has 0 fully saturated rings. The molecule has 1 aromatic carbocycles. The fourth-order valence-electron chi connectivity index (χ4n) is 1.66. The zero-order valence-corrected chi connectivity index (χ0v) is 10.9. The van der Waals surface area contributed by atoms with E-state index in [-0.39, 0.29) is 11.1 Å². The van der Waals surface area contributed by atoms with Gasteiger partial charge in [-0.1, -0.05) is 12.1 Å². The smallest absolute Gasteiger partial charge is 0.224 e. The molecular weight excluding hydrogens is 253 g/mol. The van der Waals surface area contributed by atoms with E-state index >= 15 is 0 Å². The lowest BCUT2D eigenvalue weighted by Crippen LogP contribution is -2.18. The predicted octanol–water partition coefficient (Wildman–Crippen LogP) is 3.21. The first-order valence-electron chi connectivity index (χ1n) is 5.51. The van der Waals surface area contributed by atoms with Crippen molar-refractivity contribution < 1.29 is 4.39 Å². The molecule has 0 saturated carbocycles. The van der Waals surface area contributed by atoms with Gasteiger partial charge in [0.05, 0.1) is 0 Å². The molecule has 0 aliphatic carbocycles. The number of hydrogen-bond acceptors (Lipinski definition) is 3. The zero-order valence-electron chi connectivity index (χ0n) is 10.2. The molecule has 0 aliphatic heterocycles. The Labute approximate surface area is 110 Å². The standard InChI is InChI=1S/C13H13ClFN3/c1-9-7-12(17-13(14)16-9)18(2)8-10-3-5-11(15)6-4-10/h3-7H,8H2,1-2H3. The molecule has 1 heterocycles. The molecule has 0 amide bonds. The minimum atomic E-state index is -0.234. The van der Waals surface area contributed by atoms with E-state index in [9.17, 15) is 4.39 Å². The first-order chi connectivity index (χ1) is 8.54. The molecule has 18 heavy (non-hydrogen) atoms. The maximum atomic E-state index is 12.8. The van der Waals surface area contributed by atoms with Crippen LogP contribution in [0.2, 0.25) is 5.28 Å². The average Bonchev–Trinajstić information content (AvgIpc) is 2.31. The van der Waals surface area contributed by atoms with Crippen molar-refractivity contribution in [2.75, 3.05) is 11.9 Å². The van der Waals surface area contributed by atoms with Crippen molar-refractivity contribution in [1.82, 2.24) is 9.97 Å². The lowest BCUT2D eigenvalue weighted by Gasteiger charge is -2.18. The van der Waals surface area contributed by atoms with E-state index < -0.39 is 0 Å². The Morgan fingerprint density at radius 3 is 2.50 bits per heavy atom. The van der Waals surface area contributed by atoms with Crippen molar-refractivity contribution in [2.24, 2.45) is 0 Å². The van der Waals surface area contributed by atoms with E-state index in [2.05, 4.69) is 9.97 Å². The summed E-state index contributed by atoms with van der Waals surface area (Å²) in [5.74, 6) is 0.513. The largest absolute Gasteiger partial charge is 0.355 e. The second-order valence-corrected chi connectivity index (χ2v) is 4.46. The van der Waals surface area contributed by atoms with Gasteiger partial charge in [0.1, 0.15) is 11.6 Å². The number of benzene rings is 1. The van der Waals surface area contributed by atoms with Crippen LogP contribution < -0.4 is 4.90 Å². The first kappa shape index (κ1) is 12.8. The highest BCUT2D eigenvalue weighted by Crippen LogP contribution is 2.16. The van der Waals surface area contributed by atoms with Crippen molar-refractivity contribution in [1.29, 1.82) is 0 Å². The quantitative estimate of drug-likeness (QED) is 0.798. The average molecular weight is 266 g/mol. The monoisotopic (exact) mass is 265 g/mol. The number of rotatable bonds is 3. The molecule has 0 saturated heterocycles. The molecule has 1 aromatic heterocycles. The van der Waals surface area contributed by atoms with Crippen molar-refractivity contribution in [3.05, 3.63) is 52.7 Å². The molecule has 0 bridgehead atoms. The third-order valence-corrected chi connectivity index (χ3v) is 2.71. The van der Waals surface area contributed by atoms with Crippen LogP contribution in [0.15, 0.2) is 30.3 Å². The van der Waals surface area contributed by atoms with Gasteiger partial charge in [-0.05, 0) is 36.2 Å². The van der Waals surface area contributed by atoms with Crippen LogP contribution in [0.25, 0.3) is 0 Å². The number of aromatic nitrogens is 2. The van der Waals surface area contributed by atoms with E-state index in [0.717, 1.165) is 17.1 Å². The molecule has 0 unspecified atom stereocenters. The Balaban J connectivity index is 2.16. The highest BCUT2D eigenvalue weighted by atomic mass is 35.5. The predicted molar refractivity (Wildman–Crippen MR) is 70.3 cm³/mol. The van der Waals surface area contributed by atoms with Crippen LogP contribution in [0.3, 0.4) is 0 Å². The van der Waals surface area contributed by atoms with Crippen LogP contribution in [-0.4, -0.2) is 17.0 Å². The van der Waals surface area contributed by atoms with Gasteiger partial charge < -0.3 is 4.90 Å². The molecule has 3 nitrogen and oxygen atoms in total. The summed E-state index contributed by atoms with van der Waals surface area (Å²) in [5, 5.41) is 0.232. The normalized spacial score (nSPS) is 10.4. The third kappa shape index (κ3) is 3.17. The summed E-state index contributed by atoms with van der Waals surface area (Å²) >= 11 is 5.82. The SMILES string of the molecule is Cc1cc(N(C)Cc2ccc(F)cc2)nc(Cl)n1. The molecule has 0 spiro atoms. The van der Waals surface area contributed by atoms with Crippen LogP contribution in [0.4, 0.5) is 10.2 Å². The number of hydrogen-bond donors (Lipinski definition) is 0.